The maximum Gasteiger partial charge on any atom is 0.225 e. The van der Waals surface area contributed by atoms with Crippen LogP contribution in [0.2, 0.25) is 0 Å². The van der Waals surface area contributed by atoms with Gasteiger partial charge in [-0.1, -0.05) is 0 Å². The zero-order valence-electron chi connectivity index (χ0n) is 15.2. The van der Waals surface area contributed by atoms with Gasteiger partial charge in [0.25, 0.3) is 0 Å². The molecule has 25 heavy (non-hydrogen) atoms. The minimum absolute atomic E-state index is 0.161. The Bertz CT molecular complexity index is 557. The van der Waals surface area contributed by atoms with Crippen molar-refractivity contribution in [1.82, 2.24) is 9.80 Å². The average molecular weight is 348 g/mol. The Balaban J connectivity index is 1.53. The lowest BCUT2D eigenvalue weighted by Crippen LogP contribution is -2.46. The molecule has 0 N–H and O–H groups in total. The van der Waals surface area contributed by atoms with Gasteiger partial charge < -0.3 is 19.1 Å². The molecule has 6 nitrogen and oxygen atoms in total. The fourth-order valence-electron chi connectivity index (χ4n) is 3.60. The van der Waals surface area contributed by atoms with Crippen LogP contribution in [0, 0.1) is 5.92 Å². The SMILES string of the molecule is COc1cc(CN2CCC(C(=O)N3CCOCC3)CC2)cc(OC)c1. The second kappa shape index (κ2) is 8.54. The molecule has 0 aliphatic carbocycles. The highest BCUT2D eigenvalue weighted by Gasteiger charge is 2.29. The van der Waals surface area contributed by atoms with Gasteiger partial charge >= 0.3 is 0 Å². The number of hydrogen-bond donors (Lipinski definition) is 0. The number of morpholine rings is 1. The highest BCUT2D eigenvalue weighted by atomic mass is 16.5. The number of methoxy groups -OCH3 is 2. The molecule has 2 heterocycles. The van der Waals surface area contributed by atoms with Crippen LogP contribution < -0.4 is 9.47 Å². The number of carbonyl (C=O) groups is 1. The van der Waals surface area contributed by atoms with Crippen LogP contribution in [0.1, 0.15) is 18.4 Å². The van der Waals surface area contributed by atoms with Crippen molar-refractivity contribution >= 4 is 5.91 Å². The number of amides is 1. The predicted octanol–water partition coefficient (Wildman–Crippen LogP) is 1.77. The predicted molar refractivity (Wildman–Crippen MR) is 94.9 cm³/mol. The summed E-state index contributed by atoms with van der Waals surface area (Å²) in [7, 11) is 3.34. The fraction of sp³-hybridized carbons (Fsp3) is 0.632. The highest BCUT2D eigenvalue weighted by Crippen LogP contribution is 2.26. The number of nitrogens with zero attached hydrogens (tertiary/aromatic N) is 2. The molecular formula is C19H28N2O4. The van der Waals surface area contributed by atoms with E-state index in [0.717, 1.165) is 57.1 Å². The summed E-state index contributed by atoms with van der Waals surface area (Å²) < 4.78 is 16.0. The van der Waals surface area contributed by atoms with Gasteiger partial charge in [0.15, 0.2) is 0 Å². The molecule has 2 saturated heterocycles. The van der Waals surface area contributed by atoms with E-state index in [2.05, 4.69) is 4.90 Å². The highest BCUT2D eigenvalue weighted by molar-refractivity contribution is 5.79. The number of rotatable bonds is 5. The Morgan fingerprint density at radius 3 is 2.20 bits per heavy atom. The van der Waals surface area contributed by atoms with Crippen LogP contribution in [-0.2, 0) is 16.1 Å². The van der Waals surface area contributed by atoms with Gasteiger partial charge in [-0.15, -0.1) is 0 Å². The third-order valence-electron chi connectivity index (χ3n) is 5.08. The van der Waals surface area contributed by atoms with Crippen molar-refractivity contribution in [2.45, 2.75) is 19.4 Å². The molecule has 6 heteroatoms. The molecule has 0 radical (unpaired) electrons. The maximum absolute atomic E-state index is 12.6. The van der Waals surface area contributed by atoms with E-state index in [-0.39, 0.29) is 5.92 Å². The molecule has 0 atom stereocenters. The van der Waals surface area contributed by atoms with E-state index in [9.17, 15) is 4.79 Å². The Hall–Kier alpha value is -1.79. The summed E-state index contributed by atoms with van der Waals surface area (Å²) >= 11 is 0. The van der Waals surface area contributed by atoms with Crippen LogP contribution in [0.3, 0.4) is 0 Å². The monoisotopic (exact) mass is 348 g/mol. The van der Waals surface area contributed by atoms with Crippen molar-refractivity contribution in [2.24, 2.45) is 5.92 Å². The van der Waals surface area contributed by atoms with E-state index in [0.29, 0.717) is 19.1 Å². The quantitative estimate of drug-likeness (QED) is 0.812. The zero-order valence-corrected chi connectivity index (χ0v) is 15.2. The summed E-state index contributed by atoms with van der Waals surface area (Å²) in [6.07, 6.45) is 1.86. The van der Waals surface area contributed by atoms with Gasteiger partial charge in [-0.25, -0.2) is 0 Å². The van der Waals surface area contributed by atoms with Crippen molar-refractivity contribution in [3.05, 3.63) is 23.8 Å². The molecule has 0 bridgehead atoms. The summed E-state index contributed by atoms with van der Waals surface area (Å²) in [6.45, 7) is 5.56. The second-order valence-electron chi connectivity index (χ2n) is 6.71. The minimum Gasteiger partial charge on any atom is -0.497 e. The van der Waals surface area contributed by atoms with Crippen LogP contribution in [-0.4, -0.2) is 69.3 Å². The summed E-state index contributed by atoms with van der Waals surface area (Å²) in [5.74, 6) is 2.10. The van der Waals surface area contributed by atoms with Crippen molar-refractivity contribution in [3.63, 3.8) is 0 Å². The zero-order chi connectivity index (χ0) is 17.6. The lowest BCUT2D eigenvalue weighted by molar-refractivity contribution is -0.141. The van der Waals surface area contributed by atoms with Crippen molar-refractivity contribution < 1.29 is 19.0 Å². The molecule has 138 valence electrons. The molecule has 0 saturated carbocycles. The van der Waals surface area contributed by atoms with Crippen molar-refractivity contribution in [3.8, 4) is 11.5 Å². The van der Waals surface area contributed by atoms with Crippen molar-refractivity contribution in [2.75, 3.05) is 53.6 Å². The second-order valence-corrected chi connectivity index (χ2v) is 6.71. The lowest BCUT2D eigenvalue weighted by atomic mass is 9.94. The summed E-state index contributed by atoms with van der Waals surface area (Å²) in [4.78, 5) is 17.0. The van der Waals surface area contributed by atoms with Gasteiger partial charge in [0.2, 0.25) is 5.91 Å². The van der Waals surface area contributed by atoms with E-state index < -0.39 is 0 Å². The largest absolute Gasteiger partial charge is 0.497 e. The van der Waals surface area contributed by atoms with Gasteiger partial charge in [0.1, 0.15) is 11.5 Å². The standard InChI is InChI=1S/C19H28N2O4/c1-23-17-11-15(12-18(13-17)24-2)14-20-5-3-16(4-6-20)19(22)21-7-9-25-10-8-21/h11-13,16H,3-10,14H2,1-2H3. The van der Waals surface area contributed by atoms with Crippen LogP contribution >= 0.6 is 0 Å². The van der Waals surface area contributed by atoms with E-state index in [1.165, 1.54) is 5.56 Å². The Morgan fingerprint density at radius 2 is 1.64 bits per heavy atom. The molecule has 1 amide bonds. The van der Waals surface area contributed by atoms with Gasteiger partial charge in [0.05, 0.1) is 27.4 Å². The Labute approximate surface area is 149 Å². The number of benzene rings is 1. The maximum atomic E-state index is 12.6. The van der Waals surface area contributed by atoms with E-state index in [1.807, 2.05) is 23.1 Å². The van der Waals surface area contributed by atoms with Gasteiger partial charge in [0, 0.05) is 31.6 Å². The first-order valence-electron chi connectivity index (χ1n) is 9.00. The minimum atomic E-state index is 0.161. The first kappa shape index (κ1) is 18.0. The molecule has 2 aliphatic rings. The molecule has 1 aromatic carbocycles. The number of piperidine rings is 1. The third kappa shape index (κ3) is 4.64. The van der Waals surface area contributed by atoms with Crippen LogP contribution in [0.15, 0.2) is 18.2 Å². The molecule has 2 fully saturated rings. The molecular weight excluding hydrogens is 320 g/mol. The molecule has 0 unspecified atom stereocenters. The summed E-state index contributed by atoms with van der Waals surface area (Å²) in [5.41, 5.74) is 1.18. The Morgan fingerprint density at radius 1 is 1.04 bits per heavy atom. The van der Waals surface area contributed by atoms with Crippen LogP contribution in [0.25, 0.3) is 0 Å². The first-order valence-corrected chi connectivity index (χ1v) is 9.00. The summed E-state index contributed by atoms with van der Waals surface area (Å²) in [6, 6.07) is 5.98. The van der Waals surface area contributed by atoms with Gasteiger partial charge in [-0.3, -0.25) is 9.69 Å². The smallest absolute Gasteiger partial charge is 0.225 e. The van der Waals surface area contributed by atoms with E-state index in [4.69, 9.17) is 14.2 Å². The van der Waals surface area contributed by atoms with E-state index >= 15 is 0 Å². The van der Waals surface area contributed by atoms with E-state index in [1.54, 1.807) is 14.2 Å². The molecule has 3 rings (SSSR count). The van der Waals surface area contributed by atoms with Crippen LogP contribution in [0.4, 0.5) is 0 Å². The van der Waals surface area contributed by atoms with Crippen molar-refractivity contribution in [1.29, 1.82) is 0 Å². The number of ether oxygens (including phenoxy) is 3. The summed E-state index contributed by atoms with van der Waals surface area (Å²) in [5, 5.41) is 0. The Kier molecular flexibility index (Phi) is 6.15. The fourth-order valence-corrected chi connectivity index (χ4v) is 3.60. The molecule has 0 aromatic heterocycles. The van der Waals surface area contributed by atoms with Gasteiger partial charge in [-0.05, 0) is 43.6 Å². The van der Waals surface area contributed by atoms with Gasteiger partial charge in [-0.2, -0.15) is 0 Å². The first-order chi connectivity index (χ1) is 12.2. The van der Waals surface area contributed by atoms with Crippen LogP contribution in [0.5, 0.6) is 11.5 Å². The lowest BCUT2D eigenvalue weighted by Gasteiger charge is -2.35. The molecule has 0 spiro atoms. The third-order valence-corrected chi connectivity index (χ3v) is 5.08. The average Bonchev–Trinajstić information content (AvgIpc) is 2.68. The number of hydrogen-bond acceptors (Lipinski definition) is 5. The number of likely N-dealkylation sites (tertiary alicyclic amines) is 1. The molecule has 2 aliphatic heterocycles. The number of carbonyl (C=O) groups excluding carboxylic acids is 1. The molecule has 1 aromatic rings. The normalized spacial score (nSPS) is 19.7. The topological polar surface area (TPSA) is 51.2 Å².